The van der Waals surface area contributed by atoms with Gasteiger partial charge in [-0.3, -0.25) is 0 Å². The van der Waals surface area contributed by atoms with Crippen LogP contribution in [0.2, 0.25) is 0 Å². The summed E-state index contributed by atoms with van der Waals surface area (Å²) < 4.78 is 10.6. The first-order chi connectivity index (χ1) is 11.3. The second kappa shape index (κ2) is 7.17. The van der Waals surface area contributed by atoms with Crippen molar-refractivity contribution in [1.82, 2.24) is 9.97 Å². The minimum Gasteiger partial charge on any atom is -0.493 e. The highest BCUT2D eigenvalue weighted by molar-refractivity contribution is 5.48. The van der Waals surface area contributed by atoms with Crippen LogP contribution in [0, 0.1) is 0 Å². The second-order valence-corrected chi connectivity index (χ2v) is 5.57. The molecular weight excluding hydrogens is 292 g/mol. The van der Waals surface area contributed by atoms with Crippen LogP contribution >= 0.6 is 0 Å². The van der Waals surface area contributed by atoms with Crippen molar-refractivity contribution in [1.29, 1.82) is 0 Å². The lowest BCUT2D eigenvalue weighted by Gasteiger charge is -2.11. The molecule has 0 amide bonds. The largest absolute Gasteiger partial charge is 0.493 e. The molecule has 0 spiro atoms. The first-order valence-corrected chi connectivity index (χ1v) is 7.82. The summed E-state index contributed by atoms with van der Waals surface area (Å²) >= 11 is 0. The molecule has 122 valence electrons. The number of hydrogen-bond acceptors (Lipinski definition) is 6. The summed E-state index contributed by atoms with van der Waals surface area (Å²) in [6, 6.07) is 8.51. The van der Waals surface area contributed by atoms with Crippen LogP contribution in [0.15, 0.2) is 30.6 Å². The summed E-state index contributed by atoms with van der Waals surface area (Å²) in [4.78, 5) is 8.49. The first-order valence-electron chi connectivity index (χ1n) is 7.82. The van der Waals surface area contributed by atoms with E-state index in [4.69, 9.17) is 9.47 Å². The highest BCUT2D eigenvalue weighted by Crippen LogP contribution is 2.27. The summed E-state index contributed by atoms with van der Waals surface area (Å²) in [7, 11) is 3.29. The molecule has 0 atom stereocenters. The lowest BCUT2D eigenvalue weighted by molar-refractivity contribution is 0.354. The fraction of sp³-hybridized carbons (Fsp3) is 0.412. The van der Waals surface area contributed by atoms with Crippen LogP contribution in [-0.2, 0) is 6.42 Å². The Balaban J connectivity index is 1.54. The fourth-order valence-corrected chi connectivity index (χ4v) is 2.34. The normalized spacial score (nSPS) is 13.5. The van der Waals surface area contributed by atoms with Crippen LogP contribution in [0.1, 0.15) is 18.4 Å². The van der Waals surface area contributed by atoms with E-state index < -0.39 is 0 Å². The summed E-state index contributed by atoms with van der Waals surface area (Å²) in [5.41, 5.74) is 1.18. The van der Waals surface area contributed by atoms with Crippen molar-refractivity contribution in [2.24, 2.45) is 0 Å². The topological polar surface area (TPSA) is 68.3 Å². The van der Waals surface area contributed by atoms with E-state index in [1.54, 1.807) is 20.5 Å². The molecule has 6 heteroatoms. The van der Waals surface area contributed by atoms with Gasteiger partial charge in [0.05, 0.1) is 14.2 Å². The third-order valence-corrected chi connectivity index (χ3v) is 3.76. The molecule has 1 aliphatic rings. The summed E-state index contributed by atoms with van der Waals surface area (Å²) in [5.74, 6) is 3.22. The van der Waals surface area contributed by atoms with Crippen LogP contribution in [0.3, 0.4) is 0 Å². The summed E-state index contributed by atoms with van der Waals surface area (Å²) in [6.45, 7) is 0.787. The molecule has 0 radical (unpaired) electrons. The number of anilines is 2. The lowest BCUT2D eigenvalue weighted by Crippen LogP contribution is -2.08. The van der Waals surface area contributed by atoms with Crippen molar-refractivity contribution in [2.75, 3.05) is 31.4 Å². The number of ether oxygens (including phenoxy) is 2. The Hall–Kier alpha value is -2.50. The Kier molecular flexibility index (Phi) is 4.80. The predicted octanol–water partition coefficient (Wildman–Crippen LogP) is 2.72. The average Bonchev–Trinajstić information content (AvgIpc) is 3.39. The molecule has 2 aromatic rings. The monoisotopic (exact) mass is 314 g/mol. The number of hydrogen-bond donors (Lipinski definition) is 2. The van der Waals surface area contributed by atoms with Crippen molar-refractivity contribution in [3.8, 4) is 11.5 Å². The van der Waals surface area contributed by atoms with Crippen molar-refractivity contribution in [2.45, 2.75) is 25.3 Å². The molecule has 1 aromatic heterocycles. The number of methoxy groups -OCH3 is 2. The van der Waals surface area contributed by atoms with Gasteiger partial charge in [-0.15, -0.1) is 0 Å². The van der Waals surface area contributed by atoms with Crippen LogP contribution in [0.4, 0.5) is 11.6 Å². The van der Waals surface area contributed by atoms with Crippen molar-refractivity contribution < 1.29 is 9.47 Å². The molecule has 0 saturated heterocycles. The van der Waals surface area contributed by atoms with Gasteiger partial charge in [0.15, 0.2) is 11.5 Å². The molecule has 0 bridgehead atoms. The van der Waals surface area contributed by atoms with Gasteiger partial charge >= 0.3 is 0 Å². The first kappa shape index (κ1) is 15.4. The maximum absolute atomic E-state index is 5.33. The van der Waals surface area contributed by atoms with Gasteiger partial charge in [-0.1, -0.05) is 6.07 Å². The zero-order chi connectivity index (χ0) is 16.1. The van der Waals surface area contributed by atoms with Crippen molar-refractivity contribution >= 4 is 11.6 Å². The van der Waals surface area contributed by atoms with Gasteiger partial charge in [-0.25, -0.2) is 9.97 Å². The summed E-state index contributed by atoms with van der Waals surface area (Å²) in [6.07, 6.45) is 4.91. The Bertz CT molecular complexity index is 659. The number of benzene rings is 1. The SMILES string of the molecule is COc1ccc(CCNc2cc(NC3CC3)ncn2)cc1OC. The van der Waals surface area contributed by atoms with Crippen LogP contribution in [0.5, 0.6) is 11.5 Å². The van der Waals surface area contributed by atoms with Crippen molar-refractivity contribution in [3.05, 3.63) is 36.2 Å². The van der Waals surface area contributed by atoms with Gasteiger partial charge in [-0.05, 0) is 37.0 Å². The standard InChI is InChI=1S/C17H22N4O2/c1-22-14-6-3-12(9-15(14)23-2)7-8-18-16-10-17(20-11-19-16)21-13-4-5-13/h3,6,9-11,13H,4-5,7-8H2,1-2H3,(H2,18,19,20,21). The Morgan fingerprint density at radius 3 is 2.57 bits per heavy atom. The Labute approximate surface area is 136 Å². The minimum atomic E-state index is 0.588. The van der Waals surface area contributed by atoms with Gasteiger partial charge in [0.1, 0.15) is 18.0 Å². The third kappa shape index (κ3) is 4.25. The number of rotatable bonds is 8. The van der Waals surface area contributed by atoms with Gasteiger partial charge in [-0.2, -0.15) is 0 Å². The van der Waals surface area contributed by atoms with Crippen molar-refractivity contribution in [3.63, 3.8) is 0 Å². The maximum Gasteiger partial charge on any atom is 0.160 e. The van der Waals surface area contributed by atoms with E-state index in [0.717, 1.165) is 36.1 Å². The number of nitrogens with one attached hydrogen (secondary N) is 2. The molecule has 1 aliphatic carbocycles. The highest BCUT2D eigenvalue weighted by atomic mass is 16.5. The Morgan fingerprint density at radius 2 is 1.83 bits per heavy atom. The van der Waals surface area contributed by atoms with Crippen LogP contribution in [0.25, 0.3) is 0 Å². The molecule has 1 aromatic carbocycles. The minimum absolute atomic E-state index is 0.588. The van der Waals surface area contributed by atoms with Gasteiger partial charge < -0.3 is 20.1 Å². The molecule has 6 nitrogen and oxygen atoms in total. The van der Waals surface area contributed by atoms with Gasteiger partial charge in [0, 0.05) is 18.7 Å². The average molecular weight is 314 g/mol. The molecule has 2 N–H and O–H groups in total. The molecule has 1 fully saturated rings. The van der Waals surface area contributed by atoms with Crippen LogP contribution < -0.4 is 20.1 Å². The van der Waals surface area contributed by atoms with E-state index in [1.807, 2.05) is 24.3 Å². The van der Waals surface area contributed by atoms with E-state index in [-0.39, 0.29) is 0 Å². The van der Waals surface area contributed by atoms with Gasteiger partial charge in [0.25, 0.3) is 0 Å². The van der Waals surface area contributed by atoms with E-state index in [1.165, 1.54) is 18.4 Å². The zero-order valence-corrected chi connectivity index (χ0v) is 13.5. The molecule has 3 rings (SSSR count). The molecule has 0 unspecified atom stereocenters. The van der Waals surface area contributed by atoms with E-state index in [2.05, 4.69) is 20.6 Å². The summed E-state index contributed by atoms with van der Waals surface area (Å²) in [5, 5.41) is 6.70. The number of nitrogens with zero attached hydrogens (tertiary/aromatic N) is 2. The molecule has 1 heterocycles. The predicted molar refractivity (Wildman–Crippen MR) is 90.4 cm³/mol. The number of aromatic nitrogens is 2. The third-order valence-electron chi connectivity index (χ3n) is 3.76. The quantitative estimate of drug-likeness (QED) is 0.781. The molecule has 23 heavy (non-hydrogen) atoms. The second-order valence-electron chi connectivity index (χ2n) is 5.57. The van der Waals surface area contributed by atoms with E-state index in [0.29, 0.717) is 6.04 Å². The highest BCUT2D eigenvalue weighted by Gasteiger charge is 2.21. The Morgan fingerprint density at radius 1 is 1.04 bits per heavy atom. The smallest absolute Gasteiger partial charge is 0.160 e. The zero-order valence-electron chi connectivity index (χ0n) is 13.5. The van der Waals surface area contributed by atoms with Crippen LogP contribution in [-0.4, -0.2) is 36.8 Å². The maximum atomic E-state index is 5.33. The molecule has 1 saturated carbocycles. The lowest BCUT2D eigenvalue weighted by atomic mass is 10.1. The molecular formula is C17H22N4O2. The van der Waals surface area contributed by atoms with Gasteiger partial charge in [0.2, 0.25) is 0 Å². The van der Waals surface area contributed by atoms with E-state index >= 15 is 0 Å². The fourth-order valence-electron chi connectivity index (χ4n) is 2.34. The molecule has 0 aliphatic heterocycles. The van der Waals surface area contributed by atoms with E-state index in [9.17, 15) is 0 Å².